The molecule has 2 saturated carbocycles. The maximum Gasteiger partial charge on any atom is 0.238 e. The van der Waals surface area contributed by atoms with Crippen molar-refractivity contribution in [3.8, 4) is 0 Å². The van der Waals surface area contributed by atoms with E-state index in [-0.39, 0.29) is 5.91 Å². The maximum atomic E-state index is 12.1. The van der Waals surface area contributed by atoms with Gasteiger partial charge < -0.3 is 11.1 Å². The van der Waals surface area contributed by atoms with E-state index in [1.54, 1.807) is 0 Å². The van der Waals surface area contributed by atoms with Gasteiger partial charge in [-0.25, -0.2) is 0 Å². The Morgan fingerprint density at radius 2 is 2.05 bits per heavy atom. The molecule has 3 rings (SSSR count). The van der Waals surface area contributed by atoms with E-state index in [2.05, 4.69) is 29.6 Å². The van der Waals surface area contributed by atoms with E-state index in [9.17, 15) is 4.79 Å². The molecule has 1 aromatic rings. The van der Waals surface area contributed by atoms with E-state index in [0.717, 1.165) is 31.4 Å². The summed E-state index contributed by atoms with van der Waals surface area (Å²) < 4.78 is 0. The molecule has 4 heteroatoms. The molecular weight excluding hydrogens is 280 g/mol. The van der Waals surface area contributed by atoms with Crippen molar-refractivity contribution >= 4 is 17.7 Å². The van der Waals surface area contributed by atoms with Crippen LogP contribution in [-0.2, 0) is 4.79 Å². The first-order valence-corrected chi connectivity index (χ1v) is 8.95. The SMILES string of the molecule is NC(=O)C1(NC2CC2)CCCC1CCSc1ccccc1. The van der Waals surface area contributed by atoms with Crippen molar-refractivity contribution in [2.45, 2.75) is 55.0 Å². The van der Waals surface area contributed by atoms with Crippen LogP contribution in [0.15, 0.2) is 35.2 Å². The van der Waals surface area contributed by atoms with Crippen molar-refractivity contribution < 1.29 is 4.79 Å². The van der Waals surface area contributed by atoms with Crippen molar-refractivity contribution in [1.29, 1.82) is 0 Å². The number of nitrogens with one attached hydrogen (secondary N) is 1. The molecule has 0 bridgehead atoms. The molecule has 1 amide bonds. The number of primary amides is 1. The largest absolute Gasteiger partial charge is 0.368 e. The Labute approximate surface area is 131 Å². The minimum atomic E-state index is -0.432. The Hall–Kier alpha value is -1.00. The zero-order chi connectivity index (χ0) is 14.7. The molecule has 0 aromatic heterocycles. The van der Waals surface area contributed by atoms with Gasteiger partial charge in [-0.3, -0.25) is 4.79 Å². The second-order valence-electron chi connectivity index (χ2n) is 6.29. The summed E-state index contributed by atoms with van der Waals surface area (Å²) in [7, 11) is 0. The summed E-state index contributed by atoms with van der Waals surface area (Å²) in [6.07, 6.45) is 6.60. The zero-order valence-corrected chi connectivity index (χ0v) is 13.2. The zero-order valence-electron chi connectivity index (χ0n) is 12.4. The highest BCUT2D eigenvalue weighted by Crippen LogP contribution is 2.41. The monoisotopic (exact) mass is 304 g/mol. The molecule has 2 fully saturated rings. The Balaban J connectivity index is 1.58. The fraction of sp³-hybridized carbons (Fsp3) is 0.588. The highest BCUT2D eigenvalue weighted by Gasteiger charge is 2.49. The van der Waals surface area contributed by atoms with Crippen LogP contribution < -0.4 is 11.1 Å². The smallest absolute Gasteiger partial charge is 0.238 e. The molecular formula is C17H24N2OS. The number of nitrogens with two attached hydrogens (primary N) is 1. The molecule has 114 valence electrons. The summed E-state index contributed by atoms with van der Waals surface area (Å²) in [5, 5.41) is 3.58. The van der Waals surface area contributed by atoms with E-state index in [0.29, 0.717) is 12.0 Å². The average Bonchev–Trinajstić information content (AvgIpc) is 3.20. The molecule has 0 saturated heterocycles. The van der Waals surface area contributed by atoms with Gasteiger partial charge in [0.1, 0.15) is 5.54 Å². The second-order valence-corrected chi connectivity index (χ2v) is 7.46. The molecule has 3 nitrogen and oxygen atoms in total. The van der Waals surface area contributed by atoms with E-state index >= 15 is 0 Å². The predicted molar refractivity (Wildman–Crippen MR) is 87.2 cm³/mol. The van der Waals surface area contributed by atoms with Crippen LogP contribution >= 0.6 is 11.8 Å². The van der Waals surface area contributed by atoms with Gasteiger partial charge in [0.15, 0.2) is 0 Å². The standard InChI is InChI=1S/C17H24N2OS/c18-16(20)17(19-14-8-9-14)11-4-5-13(17)10-12-21-15-6-2-1-3-7-15/h1-3,6-7,13-14,19H,4-5,8-12H2,(H2,18,20). The van der Waals surface area contributed by atoms with E-state index < -0.39 is 5.54 Å². The minimum absolute atomic E-state index is 0.137. The van der Waals surface area contributed by atoms with Crippen molar-refractivity contribution in [3.05, 3.63) is 30.3 Å². The van der Waals surface area contributed by atoms with Gasteiger partial charge in [0.2, 0.25) is 5.91 Å². The van der Waals surface area contributed by atoms with Crippen molar-refractivity contribution in [3.63, 3.8) is 0 Å². The lowest BCUT2D eigenvalue weighted by atomic mass is 9.84. The molecule has 0 heterocycles. The van der Waals surface area contributed by atoms with Gasteiger partial charge in [-0.2, -0.15) is 0 Å². The van der Waals surface area contributed by atoms with Crippen molar-refractivity contribution in [1.82, 2.24) is 5.32 Å². The van der Waals surface area contributed by atoms with Crippen LogP contribution in [0.2, 0.25) is 0 Å². The summed E-state index contributed by atoms with van der Waals surface area (Å²) >= 11 is 1.87. The van der Waals surface area contributed by atoms with E-state index in [1.807, 2.05) is 17.8 Å². The summed E-state index contributed by atoms with van der Waals surface area (Å²) in [6, 6.07) is 11.0. The second kappa shape index (κ2) is 6.41. The number of carbonyl (C=O) groups is 1. The van der Waals surface area contributed by atoms with Gasteiger partial charge in [0.05, 0.1) is 0 Å². The molecule has 1 aromatic carbocycles. The molecule has 0 aliphatic heterocycles. The summed E-state index contributed by atoms with van der Waals surface area (Å²) in [5.74, 6) is 1.31. The van der Waals surface area contributed by atoms with Crippen molar-refractivity contribution in [2.75, 3.05) is 5.75 Å². The van der Waals surface area contributed by atoms with Crippen LogP contribution in [0.25, 0.3) is 0 Å². The number of rotatable bonds is 7. The lowest BCUT2D eigenvalue weighted by Crippen LogP contribution is -2.58. The normalized spacial score (nSPS) is 28.7. The van der Waals surface area contributed by atoms with Crippen LogP contribution in [0.4, 0.5) is 0 Å². The van der Waals surface area contributed by atoms with E-state index in [4.69, 9.17) is 5.73 Å². The first-order valence-electron chi connectivity index (χ1n) is 7.96. The Morgan fingerprint density at radius 3 is 2.71 bits per heavy atom. The molecule has 0 spiro atoms. The van der Waals surface area contributed by atoms with Gasteiger partial charge in [0, 0.05) is 10.9 Å². The summed E-state index contributed by atoms with van der Waals surface area (Å²) in [4.78, 5) is 13.4. The fourth-order valence-electron chi connectivity index (χ4n) is 3.48. The topological polar surface area (TPSA) is 55.1 Å². The number of thioether (sulfide) groups is 1. The Kier molecular flexibility index (Phi) is 4.55. The van der Waals surface area contributed by atoms with Gasteiger partial charge in [-0.1, -0.05) is 24.6 Å². The number of carbonyl (C=O) groups excluding carboxylic acids is 1. The Bertz CT molecular complexity index is 489. The average molecular weight is 304 g/mol. The first kappa shape index (κ1) is 14.9. The summed E-state index contributed by atoms with van der Waals surface area (Å²) in [5.41, 5.74) is 5.34. The number of hydrogen-bond donors (Lipinski definition) is 2. The number of benzene rings is 1. The molecule has 2 aliphatic carbocycles. The van der Waals surface area contributed by atoms with Gasteiger partial charge in [-0.05, 0) is 55.9 Å². The summed E-state index contributed by atoms with van der Waals surface area (Å²) in [6.45, 7) is 0. The van der Waals surface area contributed by atoms with Gasteiger partial charge >= 0.3 is 0 Å². The minimum Gasteiger partial charge on any atom is -0.368 e. The molecule has 0 radical (unpaired) electrons. The van der Waals surface area contributed by atoms with Crippen LogP contribution in [0.1, 0.15) is 38.5 Å². The highest BCUT2D eigenvalue weighted by molar-refractivity contribution is 7.99. The maximum absolute atomic E-state index is 12.1. The molecule has 3 N–H and O–H groups in total. The van der Waals surface area contributed by atoms with Crippen molar-refractivity contribution in [2.24, 2.45) is 11.7 Å². The van der Waals surface area contributed by atoms with Crippen LogP contribution in [0.3, 0.4) is 0 Å². The fourth-order valence-corrected chi connectivity index (χ4v) is 4.47. The predicted octanol–water partition coefficient (Wildman–Crippen LogP) is 2.95. The third-order valence-corrected chi connectivity index (χ3v) is 5.82. The van der Waals surface area contributed by atoms with Gasteiger partial charge in [0.25, 0.3) is 0 Å². The molecule has 2 unspecified atom stereocenters. The molecule has 2 atom stereocenters. The number of hydrogen-bond acceptors (Lipinski definition) is 3. The highest BCUT2D eigenvalue weighted by atomic mass is 32.2. The lowest BCUT2D eigenvalue weighted by Gasteiger charge is -2.34. The van der Waals surface area contributed by atoms with Gasteiger partial charge in [-0.15, -0.1) is 11.8 Å². The lowest BCUT2D eigenvalue weighted by molar-refractivity contribution is -0.126. The third-order valence-electron chi connectivity index (χ3n) is 4.78. The van der Waals surface area contributed by atoms with Crippen LogP contribution in [-0.4, -0.2) is 23.2 Å². The Morgan fingerprint density at radius 1 is 1.29 bits per heavy atom. The quantitative estimate of drug-likeness (QED) is 0.762. The van der Waals surface area contributed by atoms with E-state index in [1.165, 1.54) is 17.7 Å². The van der Waals surface area contributed by atoms with Crippen LogP contribution in [0, 0.1) is 5.92 Å². The third kappa shape index (κ3) is 3.43. The first-order chi connectivity index (χ1) is 10.2. The molecule has 2 aliphatic rings. The van der Waals surface area contributed by atoms with Crippen LogP contribution in [0.5, 0.6) is 0 Å². The molecule has 21 heavy (non-hydrogen) atoms. The number of amides is 1.